The van der Waals surface area contributed by atoms with E-state index in [1.807, 2.05) is 75.4 Å². The van der Waals surface area contributed by atoms with Gasteiger partial charge in [0.15, 0.2) is 0 Å². The van der Waals surface area contributed by atoms with Crippen LogP contribution < -0.4 is 9.67 Å². The summed E-state index contributed by atoms with van der Waals surface area (Å²) in [4.78, 5) is 12.0. The maximum atomic E-state index is 13.3. The maximum absolute atomic E-state index is 13.3. The number of hydrogen-bond acceptors (Lipinski definition) is 4. The van der Waals surface area contributed by atoms with E-state index in [1.54, 1.807) is 16.2 Å². The van der Waals surface area contributed by atoms with Crippen molar-refractivity contribution in [3.63, 3.8) is 0 Å². The Morgan fingerprint density at radius 1 is 1.17 bits per heavy atom. The molecule has 0 aliphatic rings. The van der Waals surface area contributed by atoms with Gasteiger partial charge in [-0.1, -0.05) is 34.1 Å². The molecule has 0 saturated heterocycles. The number of hydrogen-bond donors (Lipinski definition) is 0. The number of esters is 1. The second-order valence-electron chi connectivity index (χ2n) is 7.67. The third-order valence-electron chi connectivity index (χ3n) is 4.33. The monoisotopic (exact) mass is 469 g/mol. The molecule has 0 bridgehead atoms. The lowest BCUT2D eigenvalue weighted by atomic mass is 10.1. The van der Waals surface area contributed by atoms with E-state index >= 15 is 0 Å². The van der Waals surface area contributed by atoms with Crippen LogP contribution in [-0.2, 0) is 15.1 Å². The fourth-order valence-electron chi connectivity index (χ4n) is 3.03. The minimum Gasteiger partial charge on any atom is -0.868 e. The van der Waals surface area contributed by atoms with Gasteiger partial charge in [0.05, 0.1) is 12.2 Å². The molecule has 156 valence electrons. The number of nitrogens with zero attached hydrogens (tertiary/aromatic N) is 3. The molecule has 1 aromatic heterocycles. The zero-order chi connectivity index (χ0) is 21.9. The van der Waals surface area contributed by atoms with E-state index in [9.17, 15) is 9.90 Å². The Balaban J connectivity index is 2.36. The van der Waals surface area contributed by atoms with Gasteiger partial charge in [-0.3, -0.25) is 0 Å². The minimum absolute atomic E-state index is 0.198. The molecular weight excluding hydrogens is 446 g/mol. The summed E-state index contributed by atoms with van der Waals surface area (Å²) < 4.78 is 9.32. The Bertz CT molecular complexity index is 1070. The zero-order valence-corrected chi connectivity index (χ0v) is 19.0. The molecular formula is C23H24BrN3O3. The van der Waals surface area contributed by atoms with Crippen LogP contribution in [0.2, 0.25) is 0 Å². The first-order valence-corrected chi connectivity index (χ1v) is 10.4. The molecule has 7 heteroatoms. The Hall–Kier alpha value is -2.93. The molecule has 0 atom stereocenters. The van der Waals surface area contributed by atoms with Gasteiger partial charge in [0.2, 0.25) is 0 Å². The van der Waals surface area contributed by atoms with Gasteiger partial charge >= 0.3 is 11.8 Å². The predicted octanol–water partition coefficient (Wildman–Crippen LogP) is 3.61. The topological polar surface area (TPSA) is 71.1 Å². The molecule has 0 amide bonds. The largest absolute Gasteiger partial charge is 0.868 e. The average Bonchev–Trinajstić information content (AvgIpc) is 3.10. The molecule has 0 N–H and O–H groups in total. The predicted molar refractivity (Wildman–Crippen MR) is 117 cm³/mol. The van der Waals surface area contributed by atoms with Crippen molar-refractivity contribution in [2.75, 3.05) is 6.61 Å². The van der Waals surface area contributed by atoms with Gasteiger partial charge in [-0.15, -0.1) is 4.68 Å². The molecule has 3 aromatic rings. The highest BCUT2D eigenvalue weighted by molar-refractivity contribution is 9.10. The third-order valence-corrected chi connectivity index (χ3v) is 4.86. The van der Waals surface area contributed by atoms with E-state index in [2.05, 4.69) is 15.9 Å². The summed E-state index contributed by atoms with van der Waals surface area (Å²) in [6.07, 6.45) is 0.979. The highest BCUT2D eigenvalue weighted by Crippen LogP contribution is 2.24. The highest BCUT2D eigenvalue weighted by atomic mass is 79.9. The van der Waals surface area contributed by atoms with Gasteiger partial charge in [0.25, 0.3) is 5.82 Å². The van der Waals surface area contributed by atoms with Crippen LogP contribution in [0.3, 0.4) is 0 Å². The summed E-state index contributed by atoms with van der Waals surface area (Å²) in [5.41, 5.74) is 1.11. The van der Waals surface area contributed by atoms with Gasteiger partial charge in [-0.2, -0.15) is 4.57 Å². The van der Waals surface area contributed by atoms with Gasteiger partial charge in [-0.05, 0) is 69.9 Å². The standard InChI is InChI=1S/C23H24BrN3O3/c1-5-30-20(29)15-19(28)22-26(18-13-11-17(24)12-14-18)21(16-9-7-6-8-10-16)25-27(22)23(2,3)4/h6-15H,5H2,1-4H3. The number of carbonyl (C=O) groups is 1. The zero-order valence-electron chi connectivity index (χ0n) is 17.4. The lowest BCUT2D eigenvalue weighted by molar-refractivity contribution is -0.592. The van der Waals surface area contributed by atoms with Crippen LogP contribution in [0.4, 0.5) is 0 Å². The molecule has 0 saturated carbocycles. The molecule has 0 aliphatic carbocycles. The summed E-state index contributed by atoms with van der Waals surface area (Å²) >= 11 is 3.45. The molecule has 0 radical (unpaired) electrons. The Morgan fingerprint density at radius 2 is 1.80 bits per heavy atom. The number of ether oxygens (including phenoxy) is 1. The molecule has 0 aliphatic heterocycles. The summed E-state index contributed by atoms with van der Waals surface area (Å²) in [6, 6.07) is 17.2. The van der Waals surface area contributed by atoms with E-state index in [4.69, 9.17) is 9.84 Å². The third kappa shape index (κ3) is 4.62. The summed E-state index contributed by atoms with van der Waals surface area (Å²) in [5, 5.41) is 18.1. The van der Waals surface area contributed by atoms with Crippen LogP contribution in [0.15, 0.2) is 65.1 Å². The number of rotatable bonds is 5. The van der Waals surface area contributed by atoms with Crippen LogP contribution in [-0.4, -0.2) is 22.4 Å². The van der Waals surface area contributed by atoms with Crippen molar-refractivity contribution in [3.05, 3.63) is 71.0 Å². The molecule has 6 nitrogen and oxygen atoms in total. The van der Waals surface area contributed by atoms with Crippen LogP contribution in [0.5, 0.6) is 0 Å². The van der Waals surface area contributed by atoms with Crippen molar-refractivity contribution in [1.82, 2.24) is 9.78 Å². The Morgan fingerprint density at radius 3 is 2.37 bits per heavy atom. The van der Waals surface area contributed by atoms with Crippen molar-refractivity contribution in [1.29, 1.82) is 0 Å². The van der Waals surface area contributed by atoms with Crippen molar-refractivity contribution in [3.8, 4) is 17.1 Å². The normalized spacial score (nSPS) is 12.1. The number of benzene rings is 2. The van der Waals surface area contributed by atoms with E-state index in [0.29, 0.717) is 5.82 Å². The van der Waals surface area contributed by atoms with Crippen molar-refractivity contribution in [2.24, 2.45) is 0 Å². The smallest absolute Gasteiger partial charge is 0.330 e. The van der Waals surface area contributed by atoms with Crippen molar-refractivity contribution in [2.45, 2.75) is 33.2 Å². The fraction of sp³-hybridized carbons (Fsp3) is 0.261. The molecule has 0 fully saturated rings. The number of halogens is 1. The summed E-state index contributed by atoms with van der Waals surface area (Å²) in [7, 11) is 0. The molecule has 30 heavy (non-hydrogen) atoms. The van der Waals surface area contributed by atoms with Gasteiger partial charge < -0.3 is 9.84 Å². The number of aromatic nitrogens is 3. The van der Waals surface area contributed by atoms with E-state index < -0.39 is 17.3 Å². The van der Waals surface area contributed by atoms with Crippen molar-refractivity contribution >= 4 is 27.7 Å². The summed E-state index contributed by atoms with van der Waals surface area (Å²) in [5.74, 6) is -0.265. The first kappa shape index (κ1) is 21.8. The van der Waals surface area contributed by atoms with Gasteiger partial charge in [0.1, 0.15) is 11.2 Å². The molecule has 3 rings (SSSR count). The lowest BCUT2D eigenvalue weighted by Crippen LogP contribution is -2.40. The SMILES string of the molecule is CCOC(=O)/C=C(\[O-])c1n(C(C)(C)C)nc(-c2ccccc2)[n+]1-c1ccc(Br)cc1. The quantitative estimate of drug-likeness (QED) is 0.247. The minimum atomic E-state index is -0.673. The van der Waals surface area contributed by atoms with E-state index in [1.165, 1.54) is 0 Å². The van der Waals surface area contributed by atoms with Crippen LogP contribution in [0, 0.1) is 0 Å². The van der Waals surface area contributed by atoms with E-state index in [0.717, 1.165) is 21.8 Å². The summed E-state index contributed by atoms with van der Waals surface area (Å²) in [6.45, 7) is 7.78. The van der Waals surface area contributed by atoms with Crippen molar-refractivity contribution < 1.29 is 19.2 Å². The van der Waals surface area contributed by atoms with Crippen LogP contribution in [0.1, 0.15) is 33.5 Å². The Labute approximate surface area is 184 Å². The second-order valence-corrected chi connectivity index (χ2v) is 8.58. The molecule has 1 heterocycles. The van der Waals surface area contributed by atoms with E-state index in [-0.39, 0.29) is 12.4 Å². The van der Waals surface area contributed by atoms with Gasteiger partial charge in [0, 0.05) is 15.6 Å². The highest BCUT2D eigenvalue weighted by Gasteiger charge is 2.34. The average molecular weight is 470 g/mol. The molecule has 2 aromatic carbocycles. The van der Waals surface area contributed by atoms with Crippen LogP contribution >= 0.6 is 15.9 Å². The second kappa shape index (κ2) is 8.83. The lowest BCUT2D eigenvalue weighted by Gasteiger charge is -2.18. The number of carbonyl (C=O) groups excluding carboxylic acids is 1. The Kier molecular flexibility index (Phi) is 6.41. The fourth-order valence-corrected chi connectivity index (χ4v) is 3.29. The van der Waals surface area contributed by atoms with Gasteiger partial charge in [-0.25, -0.2) is 4.79 Å². The van der Waals surface area contributed by atoms with Crippen LogP contribution in [0.25, 0.3) is 22.8 Å². The molecule has 0 unspecified atom stereocenters. The first-order valence-electron chi connectivity index (χ1n) is 9.65. The maximum Gasteiger partial charge on any atom is 0.330 e. The molecule has 0 spiro atoms. The first-order chi connectivity index (χ1) is 14.2.